The minimum Gasteiger partial charge on any atom is -0.304 e. The van der Waals surface area contributed by atoms with E-state index >= 15 is 0 Å². The van der Waals surface area contributed by atoms with Gasteiger partial charge in [-0.1, -0.05) is 6.92 Å². The number of nitrogens with zero attached hydrogens (tertiary/aromatic N) is 1. The van der Waals surface area contributed by atoms with E-state index in [1.54, 1.807) is 11.3 Å². The lowest BCUT2D eigenvalue weighted by atomic mass is 10.2. The molecule has 1 unspecified atom stereocenters. The number of nitrogens with one attached hydrogen (secondary N) is 1. The van der Waals surface area contributed by atoms with Gasteiger partial charge in [0.1, 0.15) is 0 Å². The van der Waals surface area contributed by atoms with E-state index in [4.69, 9.17) is 0 Å². The van der Waals surface area contributed by atoms with Gasteiger partial charge in [0.05, 0.1) is 10.7 Å². The molecular weight excluding hydrogens is 248 g/mol. The summed E-state index contributed by atoms with van der Waals surface area (Å²) in [4.78, 5) is 7.33. The molecule has 2 heterocycles. The maximum absolute atomic E-state index is 4.56. The third kappa shape index (κ3) is 3.37. The van der Waals surface area contributed by atoms with Gasteiger partial charge in [-0.05, 0) is 32.4 Å². The van der Waals surface area contributed by atoms with Crippen molar-refractivity contribution in [3.8, 4) is 0 Å². The summed E-state index contributed by atoms with van der Waals surface area (Å²) >= 11 is 3.61. The highest BCUT2D eigenvalue weighted by molar-refractivity contribution is 7.12. The number of aromatic nitrogens is 1. The van der Waals surface area contributed by atoms with E-state index in [1.807, 2.05) is 11.3 Å². The average Bonchev–Trinajstić information content (AvgIpc) is 2.94. The smallest absolute Gasteiger partial charge is 0.0926 e. The molecule has 4 heteroatoms. The molecule has 0 aromatic carbocycles. The fraction of sp³-hybridized carbons (Fsp3) is 0.462. The Morgan fingerprint density at radius 3 is 2.82 bits per heavy atom. The van der Waals surface area contributed by atoms with Crippen LogP contribution >= 0.6 is 22.7 Å². The minimum atomic E-state index is 0.403. The Labute approximate surface area is 111 Å². The van der Waals surface area contributed by atoms with Gasteiger partial charge in [-0.15, -0.1) is 22.7 Å². The van der Waals surface area contributed by atoms with Crippen molar-refractivity contribution >= 4 is 22.7 Å². The summed E-state index contributed by atoms with van der Waals surface area (Å²) in [7, 11) is 0. The minimum absolute atomic E-state index is 0.403. The quantitative estimate of drug-likeness (QED) is 0.887. The zero-order valence-corrected chi connectivity index (χ0v) is 12.1. The fourth-order valence-electron chi connectivity index (χ4n) is 1.64. The zero-order chi connectivity index (χ0) is 12.3. The summed E-state index contributed by atoms with van der Waals surface area (Å²) in [6.07, 6.45) is 1.03. The van der Waals surface area contributed by atoms with Gasteiger partial charge in [-0.2, -0.15) is 0 Å². The molecule has 0 aliphatic rings. The Kier molecular flexibility index (Phi) is 4.31. The Hall–Kier alpha value is -0.710. The molecule has 0 bridgehead atoms. The van der Waals surface area contributed by atoms with Crippen LogP contribution in [0.25, 0.3) is 0 Å². The molecule has 1 N–H and O–H groups in total. The van der Waals surface area contributed by atoms with Crippen LogP contribution in [-0.2, 0) is 13.0 Å². The third-order valence-corrected chi connectivity index (χ3v) is 4.90. The van der Waals surface area contributed by atoms with E-state index in [9.17, 15) is 0 Å². The lowest BCUT2D eigenvalue weighted by Crippen LogP contribution is -2.17. The summed E-state index contributed by atoms with van der Waals surface area (Å²) in [5, 5.41) is 6.90. The first kappa shape index (κ1) is 12.7. The lowest BCUT2D eigenvalue weighted by Gasteiger charge is -2.10. The van der Waals surface area contributed by atoms with E-state index in [0.717, 1.165) is 18.7 Å². The van der Waals surface area contributed by atoms with Crippen molar-refractivity contribution in [3.63, 3.8) is 0 Å². The van der Waals surface area contributed by atoms with Gasteiger partial charge < -0.3 is 5.32 Å². The molecular formula is C13H18N2S2. The standard InChI is InChI=1S/C13H18N2S2/c1-4-13-15-11(8-16-13)7-14-10(3)12-6-5-9(2)17-12/h5-6,8,10,14H,4,7H2,1-3H3. The zero-order valence-electron chi connectivity index (χ0n) is 10.5. The van der Waals surface area contributed by atoms with E-state index in [0.29, 0.717) is 6.04 Å². The van der Waals surface area contributed by atoms with Gasteiger partial charge in [0, 0.05) is 27.7 Å². The Balaban J connectivity index is 1.89. The highest BCUT2D eigenvalue weighted by atomic mass is 32.1. The number of thiazole rings is 1. The summed E-state index contributed by atoms with van der Waals surface area (Å²) < 4.78 is 0. The van der Waals surface area contributed by atoms with Crippen molar-refractivity contribution in [3.05, 3.63) is 38.0 Å². The summed E-state index contributed by atoms with van der Waals surface area (Å²) in [5.41, 5.74) is 1.16. The van der Waals surface area contributed by atoms with Crippen molar-refractivity contribution in [1.29, 1.82) is 0 Å². The van der Waals surface area contributed by atoms with Crippen molar-refractivity contribution in [1.82, 2.24) is 10.3 Å². The molecule has 1 atom stereocenters. The second kappa shape index (κ2) is 5.76. The van der Waals surface area contributed by atoms with Crippen LogP contribution in [0.4, 0.5) is 0 Å². The third-order valence-electron chi connectivity index (χ3n) is 2.68. The molecule has 0 spiro atoms. The second-order valence-electron chi connectivity index (χ2n) is 4.14. The van der Waals surface area contributed by atoms with Gasteiger partial charge >= 0.3 is 0 Å². The second-order valence-corrected chi connectivity index (χ2v) is 6.40. The van der Waals surface area contributed by atoms with E-state index in [2.05, 4.69) is 48.6 Å². The molecule has 92 valence electrons. The van der Waals surface area contributed by atoms with Crippen LogP contribution in [0.3, 0.4) is 0 Å². The van der Waals surface area contributed by atoms with Crippen LogP contribution in [0.2, 0.25) is 0 Å². The highest BCUT2D eigenvalue weighted by Crippen LogP contribution is 2.22. The predicted octanol–water partition coefficient (Wildman–Crippen LogP) is 3.93. The van der Waals surface area contributed by atoms with Crippen molar-refractivity contribution in [2.75, 3.05) is 0 Å². The first-order chi connectivity index (χ1) is 8.19. The maximum Gasteiger partial charge on any atom is 0.0926 e. The topological polar surface area (TPSA) is 24.9 Å². The van der Waals surface area contributed by atoms with Gasteiger partial charge in [0.15, 0.2) is 0 Å². The molecule has 0 aliphatic heterocycles. The maximum atomic E-state index is 4.56. The summed E-state index contributed by atoms with van der Waals surface area (Å²) in [6.45, 7) is 7.36. The number of thiophene rings is 1. The fourth-order valence-corrected chi connectivity index (χ4v) is 3.29. The van der Waals surface area contributed by atoms with Gasteiger partial charge in [0.25, 0.3) is 0 Å². The molecule has 0 saturated heterocycles. The number of hydrogen-bond donors (Lipinski definition) is 1. The van der Waals surface area contributed by atoms with Gasteiger partial charge in [-0.3, -0.25) is 0 Å². The lowest BCUT2D eigenvalue weighted by molar-refractivity contribution is 0.576. The highest BCUT2D eigenvalue weighted by Gasteiger charge is 2.08. The monoisotopic (exact) mass is 266 g/mol. The van der Waals surface area contributed by atoms with Crippen LogP contribution < -0.4 is 5.32 Å². The molecule has 2 rings (SSSR count). The molecule has 0 saturated carbocycles. The molecule has 0 fully saturated rings. The Bertz CT molecular complexity index is 473. The van der Waals surface area contributed by atoms with Crippen LogP contribution in [0.5, 0.6) is 0 Å². The van der Waals surface area contributed by atoms with Crippen molar-refractivity contribution < 1.29 is 0 Å². The molecule has 17 heavy (non-hydrogen) atoms. The van der Waals surface area contributed by atoms with E-state index in [1.165, 1.54) is 14.8 Å². The summed E-state index contributed by atoms with van der Waals surface area (Å²) in [5.74, 6) is 0. The molecule has 0 amide bonds. The predicted molar refractivity (Wildman–Crippen MR) is 75.8 cm³/mol. The van der Waals surface area contributed by atoms with Gasteiger partial charge in [-0.25, -0.2) is 4.98 Å². The van der Waals surface area contributed by atoms with E-state index in [-0.39, 0.29) is 0 Å². The molecule has 2 nitrogen and oxygen atoms in total. The normalized spacial score (nSPS) is 12.9. The summed E-state index contributed by atoms with van der Waals surface area (Å²) in [6, 6.07) is 4.78. The SMILES string of the molecule is CCc1nc(CNC(C)c2ccc(C)s2)cs1. The number of aryl methyl sites for hydroxylation is 2. The van der Waals surface area contributed by atoms with Crippen molar-refractivity contribution in [2.45, 2.75) is 39.8 Å². The Morgan fingerprint density at radius 2 is 2.24 bits per heavy atom. The van der Waals surface area contributed by atoms with Crippen LogP contribution in [0.1, 0.15) is 40.3 Å². The number of hydrogen-bond acceptors (Lipinski definition) is 4. The molecule has 0 aliphatic carbocycles. The van der Waals surface area contributed by atoms with E-state index < -0.39 is 0 Å². The van der Waals surface area contributed by atoms with Gasteiger partial charge in [0.2, 0.25) is 0 Å². The first-order valence-corrected chi connectivity index (χ1v) is 7.61. The largest absolute Gasteiger partial charge is 0.304 e. The average molecular weight is 266 g/mol. The Morgan fingerprint density at radius 1 is 1.41 bits per heavy atom. The molecule has 2 aromatic heterocycles. The van der Waals surface area contributed by atoms with Crippen LogP contribution in [0, 0.1) is 6.92 Å². The molecule has 0 radical (unpaired) electrons. The van der Waals surface area contributed by atoms with Crippen LogP contribution in [0.15, 0.2) is 17.5 Å². The van der Waals surface area contributed by atoms with Crippen molar-refractivity contribution in [2.24, 2.45) is 0 Å². The molecule has 2 aromatic rings. The number of rotatable bonds is 5. The first-order valence-electron chi connectivity index (χ1n) is 5.92. The van der Waals surface area contributed by atoms with Crippen LogP contribution in [-0.4, -0.2) is 4.98 Å².